The van der Waals surface area contributed by atoms with Crippen molar-refractivity contribution in [1.29, 1.82) is 5.26 Å². The van der Waals surface area contributed by atoms with Gasteiger partial charge in [0.2, 0.25) is 0 Å². The van der Waals surface area contributed by atoms with Crippen molar-refractivity contribution in [1.82, 2.24) is 14.5 Å². The molecule has 2 heterocycles. The zero-order valence-electron chi connectivity index (χ0n) is 17.0. The summed E-state index contributed by atoms with van der Waals surface area (Å²) in [7, 11) is 0. The van der Waals surface area contributed by atoms with E-state index in [9.17, 15) is 10.1 Å². The summed E-state index contributed by atoms with van der Waals surface area (Å²) in [5.74, 6) is -0.126. The third kappa shape index (κ3) is 3.25. The lowest BCUT2D eigenvalue weighted by Crippen LogP contribution is -2.16. The Bertz CT molecular complexity index is 1550. The average molecular weight is 438 g/mol. The van der Waals surface area contributed by atoms with Gasteiger partial charge < -0.3 is 5.32 Å². The number of hydrogen-bond acceptors (Lipinski definition) is 4. The minimum absolute atomic E-state index is 0.235. The smallest absolute Gasteiger partial charge is 0.258 e. The SMILES string of the molecule is Cc1ccc(-n2c(NC(=O)c3ccccc3Cl)c(C#N)c3nc4ccccc4nc32)cc1. The topological polar surface area (TPSA) is 83.6 Å². The van der Waals surface area contributed by atoms with Crippen molar-refractivity contribution in [3.05, 3.63) is 94.5 Å². The summed E-state index contributed by atoms with van der Waals surface area (Å²) >= 11 is 6.23. The second-order valence-corrected chi connectivity index (χ2v) is 7.73. The van der Waals surface area contributed by atoms with Gasteiger partial charge in [-0.25, -0.2) is 9.97 Å². The Kier molecular flexibility index (Phi) is 4.81. The summed E-state index contributed by atoms with van der Waals surface area (Å²) in [6, 6.07) is 24.2. The number of carbonyl (C=O) groups is 1. The third-order valence-electron chi connectivity index (χ3n) is 5.22. The quantitative estimate of drug-likeness (QED) is 0.394. The summed E-state index contributed by atoms with van der Waals surface area (Å²) < 4.78 is 1.75. The molecule has 1 N–H and O–H groups in total. The molecule has 5 aromatic rings. The molecular formula is C25H16ClN5O. The number of nitrogens with one attached hydrogen (secondary N) is 1. The number of aryl methyl sites for hydroxylation is 1. The predicted octanol–water partition coefficient (Wildman–Crippen LogP) is 5.66. The number of amides is 1. The van der Waals surface area contributed by atoms with Crippen LogP contribution in [0.15, 0.2) is 72.8 Å². The second kappa shape index (κ2) is 7.80. The zero-order chi connectivity index (χ0) is 22.2. The van der Waals surface area contributed by atoms with E-state index in [2.05, 4.69) is 16.4 Å². The van der Waals surface area contributed by atoms with Crippen molar-refractivity contribution >= 4 is 45.5 Å². The van der Waals surface area contributed by atoms with Crippen LogP contribution in [0, 0.1) is 18.3 Å². The molecule has 0 aliphatic heterocycles. The van der Waals surface area contributed by atoms with E-state index in [1.807, 2.05) is 55.5 Å². The van der Waals surface area contributed by atoms with Crippen LogP contribution in [-0.2, 0) is 0 Å². The Hall–Kier alpha value is -4.21. The van der Waals surface area contributed by atoms with Crippen LogP contribution in [0.3, 0.4) is 0 Å². The maximum absolute atomic E-state index is 13.1. The largest absolute Gasteiger partial charge is 0.306 e. The molecule has 2 aromatic heterocycles. The summed E-state index contributed by atoms with van der Waals surface area (Å²) in [4.78, 5) is 22.6. The molecule has 0 saturated heterocycles. The van der Waals surface area contributed by atoms with E-state index in [0.717, 1.165) is 11.3 Å². The molecule has 7 heteroatoms. The molecule has 0 fully saturated rings. The number of halogens is 1. The number of nitrogens with zero attached hydrogens (tertiary/aromatic N) is 4. The lowest BCUT2D eigenvalue weighted by molar-refractivity contribution is 0.102. The summed E-state index contributed by atoms with van der Waals surface area (Å²) in [5.41, 5.74) is 4.65. The van der Waals surface area contributed by atoms with Crippen LogP contribution in [0.1, 0.15) is 21.5 Å². The van der Waals surface area contributed by atoms with E-state index >= 15 is 0 Å². The van der Waals surface area contributed by atoms with Crippen LogP contribution >= 0.6 is 11.6 Å². The van der Waals surface area contributed by atoms with Gasteiger partial charge in [-0.05, 0) is 43.3 Å². The highest BCUT2D eigenvalue weighted by Gasteiger charge is 2.24. The number of hydrogen-bond donors (Lipinski definition) is 1. The van der Waals surface area contributed by atoms with Gasteiger partial charge in [-0.15, -0.1) is 0 Å². The highest BCUT2D eigenvalue weighted by Crippen LogP contribution is 2.33. The van der Waals surface area contributed by atoms with E-state index in [0.29, 0.717) is 38.6 Å². The monoisotopic (exact) mass is 437 g/mol. The lowest BCUT2D eigenvalue weighted by atomic mass is 10.2. The van der Waals surface area contributed by atoms with Crippen LogP contribution in [0.4, 0.5) is 5.82 Å². The van der Waals surface area contributed by atoms with Gasteiger partial charge >= 0.3 is 0 Å². The normalized spacial score (nSPS) is 10.9. The third-order valence-corrected chi connectivity index (χ3v) is 5.55. The van der Waals surface area contributed by atoms with Crippen LogP contribution in [-0.4, -0.2) is 20.4 Å². The average Bonchev–Trinajstić information content (AvgIpc) is 3.10. The van der Waals surface area contributed by atoms with Crippen molar-refractivity contribution in [3.63, 3.8) is 0 Å². The zero-order valence-corrected chi connectivity index (χ0v) is 17.8. The van der Waals surface area contributed by atoms with Crippen molar-refractivity contribution in [2.24, 2.45) is 0 Å². The Morgan fingerprint density at radius 3 is 2.31 bits per heavy atom. The van der Waals surface area contributed by atoms with E-state index < -0.39 is 5.91 Å². The van der Waals surface area contributed by atoms with E-state index in [1.165, 1.54) is 0 Å². The first-order valence-corrected chi connectivity index (χ1v) is 10.3. The van der Waals surface area contributed by atoms with Gasteiger partial charge in [0.15, 0.2) is 5.65 Å². The highest BCUT2D eigenvalue weighted by molar-refractivity contribution is 6.34. The Balaban J connectivity index is 1.80. The molecule has 32 heavy (non-hydrogen) atoms. The van der Waals surface area contributed by atoms with Crippen molar-refractivity contribution in [2.75, 3.05) is 5.32 Å². The van der Waals surface area contributed by atoms with Gasteiger partial charge in [0.25, 0.3) is 5.91 Å². The van der Waals surface area contributed by atoms with Crippen LogP contribution in [0.2, 0.25) is 5.02 Å². The van der Waals surface area contributed by atoms with E-state index in [1.54, 1.807) is 28.8 Å². The maximum Gasteiger partial charge on any atom is 0.258 e. The molecule has 154 valence electrons. The number of nitriles is 1. The molecule has 5 rings (SSSR count). The predicted molar refractivity (Wildman–Crippen MR) is 125 cm³/mol. The minimum Gasteiger partial charge on any atom is -0.306 e. The van der Waals surface area contributed by atoms with Gasteiger partial charge in [-0.2, -0.15) is 5.26 Å². The number of rotatable bonds is 3. The van der Waals surface area contributed by atoms with Gasteiger partial charge in [0.05, 0.1) is 21.6 Å². The van der Waals surface area contributed by atoms with Gasteiger partial charge in [-0.1, -0.05) is 53.6 Å². The molecule has 0 saturated carbocycles. The fourth-order valence-corrected chi connectivity index (χ4v) is 3.86. The molecule has 0 spiro atoms. The number of benzene rings is 3. The maximum atomic E-state index is 13.1. The molecule has 0 aliphatic carbocycles. The number of anilines is 1. The first-order valence-electron chi connectivity index (χ1n) is 9.91. The van der Waals surface area contributed by atoms with Gasteiger partial charge in [-0.3, -0.25) is 9.36 Å². The summed E-state index contributed by atoms with van der Waals surface area (Å²) in [6.45, 7) is 1.99. The van der Waals surface area contributed by atoms with Crippen molar-refractivity contribution < 1.29 is 4.79 Å². The molecule has 0 atom stereocenters. The number of fused-ring (bicyclic) bond motifs is 2. The standard InChI is InChI=1S/C25H16ClN5O/c1-15-10-12-16(13-11-15)31-23(30-25(32)17-6-2-3-7-19(17)26)18(14-27)22-24(31)29-21-9-5-4-8-20(21)28-22/h2-13H,1H3,(H,30,32). The van der Waals surface area contributed by atoms with E-state index in [4.69, 9.17) is 16.6 Å². The number of carbonyl (C=O) groups excluding carboxylic acids is 1. The molecular weight excluding hydrogens is 422 g/mol. The fraction of sp³-hybridized carbons (Fsp3) is 0.0400. The lowest BCUT2D eigenvalue weighted by Gasteiger charge is -2.12. The fourth-order valence-electron chi connectivity index (χ4n) is 3.63. The van der Waals surface area contributed by atoms with Crippen LogP contribution < -0.4 is 5.32 Å². The Morgan fingerprint density at radius 2 is 1.62 bits per heavy atom. The molecule has 0 radical (unpaired) electrons. The molecule has 1 amide bonds. The summed E-state index contributed by atoms with van der Waals surface area (Å²) in [5, 5.41) is 13.2. The second-order valence-electron chi connectivity index (χ2n) is 7.32. The van der Waals surface area contributed by atoms with E-state index in [-0.39, 0.29) is 5.56 Å². The molecule has 0 bridgehead atoms. The van der Waals surface area contributed by atoms with Crippen molar-refractivity contribution in [3.8, 4) is 11.8 Å². The first-order chi connectivity index (χ1) is 15.6. The molecule has 3 aromatic carbocycles. The number of aromatic nitrogens is 3. The summed E-state index contributed by atoms with van der Waals surface area (Å²) in [6.07, 6.45) is 0. The molecule has 0 aliphatic rings. The van der Waals surface area contributed by atoms with Crippen LogP contribution in [0.25, 0.3) is 27.9 Å². The van der Waals surface area contributed by atoms with Gasteiger partial charge in [0.1, 0.15) is 23.0 Å². The first kappa shape index (κ1) is 19.7. The van der Waals surface area contributed by atoms with Crippen LogP contribution in [0.5, 0.6) is 0 Å². The molecule has 0 unspecified atom stereocenters. The minimum atomic E-state index is -0.423. The van der Waals surface area contributed by atoms with Crippen molar-refractivity contribution in [2.45, 2.75) is 6.92 Å². The van der Waals surface area contributed by atoms with Gasteiger partial charge in [0, 0.05) is 5.69 Å². The number of para-hydroxylation sites is 2. The molecule has 6 nitrogen and oxygen atoms in total. The highest BCUT2D eigenvalue weighted by atomic mass is 35.5. The Labute approximate surface area is 188 Å². The Morgan fingerprint density at radius 1 is 0.969 bits per heavy atom.